The van der Waals surface area contributed by atoms with Crippen molar-refractivity contribution in [3.05, 3.63) is 90.3 Å². The third-order valence-corrected chi connectivity index (χ3v) is 5.38. The Morgan fingerprint density at radius 1 is 0.963 bits per heavy atom. The number of rotatable bonds is 6. The van der Waals surface area contributed by atoms with Crippen LogP contribution in [0, 0.1) is 0 Å². The molecule has 6 nitrogen and oxygen atoms in total. The summed E-state index contributed by atoms with van der Waals surface area (Å²) >= 11 is 0. The van der Waals surface area contributed by atoms with Gasteiger partial charge in [0.1, 0.15) is 0 Å². The molecule has 0 radical (unpaired) electrons. The van der Waals surface area contributed by atoms with E-state index in [9.17, 15) is 13.2 Å². The molecule has 1 atom stereocenters. The third-order valence-electron chi connectivity index (χ3n) is 3.98. The Hall–Kier alpha value is -3.19. The van der Waals surface area contributed by atoms with Crippen LogP contribution in [0.3, 0.4) is 0 Å². The number of nitrogens with zero attached hydrogens (tertiary/aromatic N) is 1. The Kier molecular flexibility index (Phi) is 5.52. The summed E-state index contributed by atoms with van der Waals surface area (Å²) in [5, 5.41) is 2.87. The SMILES string of the molecule is C[C@H](NC(=O)c1ccc(S(=O)(=O)Nc2ccccc2)cc1)c1cccnc1. The number of benzene rings is 2. The molecule has 1 amide bonds. The summed E-state index contributed by atoms with van der Waals surface area (Å²) in [6.45, 7) is 1.86. The zero-order valence-electron chi connectivity index (χ0n) is 14.7. The molecule has 0 bridgehead atoms. The van der Waals surface area contributed by atoms with Crippen LogP contribution in [-0.4, -0.2) is 19.3 Å². The highest BCUT2D eigenvalue weighted by Crippen LogP contribution is 2.17. The van der Waals surface area contributed by atoms with E-state index in [1.54, 1.807) is 48.8 Å². The Labute approximate surface area is 158 Å². The number of hydrogen-bond acceptors (Lipinski definition) is 4. The van der Waals surface area contributed by atoms with Crippen molar-refractivity contribution in [3.8, 4) is 0 Å². The second kappa shape index (κ2) is 8.01. The minimum Gasteiger partial charge on any atom is -0.345 e. The average molecular weight is 381 g/mol. The smallest absolute Gasteiger partial charge is 0.261 e. The summed E-state index contributed by atoms with van der Waals surface area (Å²) in [5.41, 5.74) is 1.74. The molecule has 0 aliphatic carbocycles. The molecule has 3 rings (SSSR count). The average Bonchev–Trinajstić information content (AvgIpc) is 2.69. The summed E-state index contributed by atoms with van der Waals surface area (Å²) in [7, 11) is -3.71. The second-order valence-electron chi connectivity index (χ2n) is 5.98. The van der Waals surface area contributed by atoms with Crippen LogP contribution in [0.2, 0.25) is 0 Å². The van der Waals surface area contributed by atoms with E-state index in [0.29, 0.717) is 11.3 Å². The molecular formula is C20H19N3O3S. The van der Waals surface area contributed by atoms with Crippen LogP contribution in [0.25, 0.3) is 0 Å². The van der Waals surface area contributed by atoms with Gasteiger partial charge in [-0.05, 0) is 55.0 Å². The minimum absolute atomic E-state index is 0.0863. The number of hydrogen-bond donors (Lipinski definition) is 2. The van der Waals surface area contributed by atoms with Crippen LogP contribution in [-0.2, 0) is 10.0 Å². The Morgan fingerprint density at radius 2 is 1.67 bits per heavy atom. The zero-order chi connectivity index (χ0) is 19.3. The first kappa shape index (κ1) is 18.6. The Morgan fingerprint density at radius 3 is 2.30 bits per heavy atom. The summed E-state index contributed by atoms with van der Waals surface area (Å²) in [6, 6.07) is 17.9. The lowest BCUT2D eigenvalue weighted by atomic mass is 10.1. The van der Waals surface area contributed by atoms with Crippen molar-refractivity contribution in [2.75, 3.05) is 4.72 Å². The van der Waals surface area contributed by atoms with E-state index in [2.05, 4.69) is 15.0 Å². The normalized spacial score (nSPS) is 12.2. The molecule has 0 saturated heterocycles. The van der Waals surface area contributed by atoms with Gasteiger partial charge in [0.05, 0.1) is 10.9 Å². The largest absolute Gasteiger partial charge is 0.345 e. The number of aromatic nitrogens is 1. The highest BCUT2D eigenvalue weighted by atomic mass is 32.2. The second-order valence-corrected chi connectivity index (χ2v) is 7.66. The maximum absolute atomic E-state index is 12.4. The first-order valence-electron chi connectivity index (χ1n) is 8.34. The molecule has 0 unspecified atom stereocenters. The fourth-order valence-electron chi connectivity index (χ4n) is 2.50. The standard InChI is InChI=1S/C20H19N3O3S/c1-15(17-6-5-13-21-14-17)22-20(24)16-9-11-19(12-10-16)27(25,26)23-18-7-3-2-4-8-18/h2-15,23H,1H3,(H,22,24)/t15-/m0/s1. The molecule has 0 fully saturated rings. The predicted molar refractivity (Wildman–Crippen MR) is 104 cm³/mol. The topological polar surface area (TPSA) is 88.2 Å². The number of nitrogens with one attached hydrogen (secondary N) is 2. The van der Waals surface area contributed by atoms with Gasteiger partial charge in [-0.2, -0.15) is 0 Å². The van der Waals surface area contributed by atoms with Crippen molar-refractivity contribution in [1.82, 2.24) is 10.3 Å². The number of pyridine rings is 1. The van der Waals surface area contributed by atoms with Crippen molar-refractivity contribution in [3.63, 3.8) is 0 Å². The molecule has 27 heavy (non-hydrogen) atoms. The lowest BCUT2D eigenvalue weighted by Crippen LogP contribution is -2.26. The summed E-state index contributed by atoms with van der Waals surface area (Å²) in [5.74, 6) is -0.286. The molecule has 0 aliphatic heterocycles. The van der Waals surface area contributed by atoms with Gasteiger partial charge in [0.25, 0.3) is 15.9 Å². The van der Waals surface area contributed by atoms with Gasteiger partial charge >= 0.3 is 0 Å². The van der Waals surface area contributed by atoms with Gasteiger partial charge in [0, 0.05) is 23.6 Å². The predicted octanol–water partition coefficient (Wildman–Crippen LogP) is 3.37. The van der Waals surface area contributed by atoms with E-state index in [0.717, 1.165) is 5.56 Å². The van der Waals surface area contributed by atoms with E-state index >= 15 is 0 Å². The van der Waals surface area contributed by atoms with Crippen LogP contribution >= 0.6 is 0 Å². The number of amides is 1. The Balaban J connectivity index is 1.70. The Bertz CT molecular complexity index is 1010. The first-order valence-corrected chi connectivity index (χ1v) is 9.83. The van der Waals surface area contributed by atoms with E-state index in [1.165, 1.54) is 24.3 Å². The van der Waals surface area contributed by atoms with E-state index in [4.69, 9.17) is 0 Å². The van der Waals surface area contributed by atoms with E-state index in [1.807, 2.05) is 13.0 Å². The molecule has 2 aromatic carbocycles. The monoisotopic (exact) mass is 381 g/mol. The fourth-order valence-corrected chi connectivity index (χ4v) is 3.56. The first-order chi connectivity index (χ1) is 13.0. The highest BCUT2D eigenvalue weighted by molar-refractivity contribution is 7.92. The van der Waals surface area contributed by atoms with E-state index < -0.39 is 10.0 Å². The molecule has 138 valence electrons. The molecular weight excluding hydrogens is 362 g/mol. The fraction of sp³-hybridized carbons (Fsp3) is 0.100. The number of sulfonamides is 1. The molecule has 0 aliphatic rings. The maximum atomic E-state index is 12.4. The quantitative estimate of drug-likeness (QED) is 0.685. The summed E-state index contributed by atoms with van der Waals surface area (Å²) < 4.78 is 27.4. The lowest BCUT2D eigenvalue weighted by molar-refractivity contribution is 0.0939. The maximum Gasteiger partial charge on any atom is 0.261 e. The van der Waals surface area contributed by atoms with Crippen LogP contribution in [0.5, 0.6) is 0 Å². The molecule has 0 spiro atoms. The van der Waals surface area contributed by atoms with Crippen LogP contribution in [0.15, 0.2) is 84.0 Å². The van der Waals surface area contributed by atoms with E-state index in [-0.39, 0.29) is 16.8 Å². The van der Waals surface area contributed by atoms with Crippen molar-refractivity contribution < 1.29 is 13.2 Å². The molecule has 0 saturated carbocycles. The van der Waals surface area contributed by atoms with Crippen molar-refractivity contribution in [1.29, 1.82) is 0 Å². The van der Waals surface area contributed by atoms with Gasteiger partial charge in [-0.3, -0.25) is 14.5 Å². The van der Waals surface area contributed by atoms with Crippen molar-refractivity contribution in [2.45, 2.75) is 17.9 Å². The van der Waals surface area contributed by atoms with Crippen molar-refractivity contribution in [2.24, 2.45) is 0 Å². The van der Waals surface area contributed by atoms with Crippen LogP contribution in [0.1, 0.15) is 28.9 Å². The minimum atomic E-state index is -3.71. The van der Waals surface area contributed by atoms with Crippen LogP contribution < -0.4 is 10.0 Å². The van der Waals surface area contributed by atoms with Gasteiger partial charge < -0.3 is 5.32 Å². The summed E-state index contributed by atoms with van der Waals surface area (Å²) in [6.07, 6.45) is 3.36. The number of carbonyl (C=O) groups is 1. The van der Waals surface area contributed by atoms with Gasteiger partial charge in [-0.15, -0.1) is 0 Å². The lowest BCUT2D eigenvalue weighted by Gasteiger charge is -2.14. The highest BCUT2D eigenvalue weighted by Gasteiger charge is 2.16. The van der Waals surface area contributed by atoms with Crippen molar-refractivity contribution >= 4 is 21.6 Å². The molecule has 7 heteroatoms. The number of anilines is 1. The van der Waals surface area contributed by atoms with Gasteiger partial charge in [-0.1, -0.05) is 24.3 Å². The van der Waals surface area contributed by atoms with Gasteiger partial charge in [-0.25, -0.2) is 8.42 Å². The van der Waals surface area contributed by atoms with Gasteiger partial charge in [0.15, 0.2) is 0 Å². The molecule has 1 heterocycles. The molecule has 2 N–H and O–H groups in total. The van der Waals surface area contributed by atoms with Crippen LogP contribution in [0.4, 0.5) is 5.69 Å². The third kappa shape index (κ3) is 4.71. The molecule has 3 aromatic rings. The molecule has 1 aromatic heterocycles. The zero-order valence-corrected chi connectivity index (χ0v) is 15.5. The number of carbonyl (C=O) groups excluding carboxylic acids is 1. The summed E-state index contributed by atoms with van der Waals surface area (Å²) in [4.78, 5) is 16.5. The number of para-hydroxylation sites is 1. The van der Waals surface area contributed by atoms with Gasteiger partial charge in [0.2, 0.25) is 0 Å².